The minimum atomic E-state index is -4.05. The molecule has 0 aliphatic rings. The van der Waals surface area contributed by atoms with Gasteiger partial charge in [0, 0.05) is 16.8 Å². The van der Waals surface area contributed by atoms with Gasteiger partial charge in [-0.3, -0.25) is 9.05 Å². The van der Waals surface area contributed by atoms with Crippen molar-refractivity contribution in [3.63, 3.8) is 0 Å². The molecule has 2 atom stereocenters. The van der Waals surface area contributed by atoms with Gasteiger partial charge >= 0.3 is 7.82 Å². The first-order valence-corrected chi connectivity index (χ1v) is 18.0. The zero-order valence-corrected chi connectivity index (χ0v) is 26.4. The van der Waals surface area contributed by atoms with E-state index in [0.29, 0.717) is 18.5 Å². The number of phosphoric acid groups is 1. The molecule has 0 amide bonds. The summed E-state index contributed by atoms with van der Waals surface area (Å²) < 4.78 is 28.1. The van der Waals surface area contributed by atoms with Crippen LogP contribution in [0, 0.1) is 0 Å². The Morgan fingerprint density at radius 3 is 1.78 bits per heavy atom. The SMILES string of the molecule is CCCCCCCCCCCCCCCCCCOCC(COP(=O)(O)OCCBr)Sc1ccccc1. The lowest BCUT2D eigenvalue weighted by molar-refractivity contribution is 0.106. The van der Waals surface area contributed by atoms with Crippen LogP contribution in [0.2, 0.25) is 0 Å². The first-order valence-electron chi connectivity index (χ1n) is 14.5. The Hall–Kier alpha value is 0.120. The zero-order chi connectivity index (χ0) is 26.9. The van der Waals surface area contributed by atoms with E-state index in [9.17, 15) is 9.46 Å². The third kappa shape index (κ3) is 22.6. The summed E-state index contributed by atoms with van der Waals surface area (Å²) in [5.41, 5.74) is 0. The van der Waals surface area contributed by atoms with E-state index in [1.54, 1.807) is 11.8 Å². The normalized spacial score (nSPS) is 14.0. The van der Waals surface area contributed by atoms with Crippen LogP contribution in [0.1, 0.15) is 110 Å². The van der Waals surface area contributed by atoms with Crippen molar-refractivity contribution >= 4 is 35.5 Å². The number of halogens is 1. The molecule has 0 aromatic heterocycles. The number of phosphoric ester groups is 1. The second kappa shape index (κ2) is 25.1. The van der Waals surface area contributed by atoms with Crippen LogP contribution in [0.5, 0.6) is 0 Å². The smallest absolute Gasteiger partial charge is 0.380 e. The highest BCUT2D eigenvalue weighted by Crippen LogP contribution is 2.44. The number of alkyl halides is 1. The van der Waals surface area contributed by atoms with Crippen LogP contribution in [0.3, 0.4) is 0 Å². The lowest BCUT2D eigenvalue weighted by Crippen LogP contribution is -2.19. The molecule has 0 heterocycles. The van der Waals surface area contributed by atoms with Crippen LogP contribution in [-0.4, -0.2) is 41.9 Å². The summed E-state index contributed by atoms with van der Waals surface area (Å²) in [6, 6.07) is 9.97. The summed E-state index contributed by atoms with van der Waals surface area (Å²) >= 11 is 4.78. The molecule has 2 unspecified atom stereocenters. The Labute approximate surface area is 240 Å². The Bertz CT molecular complexity index is 667. The van der Waals surface area contributed by atoms with Gasteiger partial charge in [0.15, 0.2) is 0 Å². The van der Waals surface area contributed by atoms with Crippen LogP contribution in [0.15, 0.2) is 35.2 Å². The van der Waals surface area contributed by atoms with Crippen LogP contribution >= 0.6 is 35.5 Å². The van der Waals surface area contributed by atoms with Crippen molar-refractivity contribution in [1.29, 1.82) is 0 Å². The molecule has 37 heavy (non-hydrogen) atoms. The number of ether oxygens (including phenoxy) is 1. The van der Waals surface area contributed by atoms with E-state index in [1.165, 1.54) is 96.3 Å². The summed E-state index contributed by atoms with van der Waals surface area (Å²) in [5.74, 6) is 0. The van der Waals surface area contributed by atoms with Crippen molar-refractivity contribution in [3.8, 4) is 0 Å². The number of thioether (sulfide) groups is 1. The predicted molar refractivity (Wildman–Crippen MR) is 162 cm³/mol. The van der Waals surface area contributed by atoms with Crippen molar-refractivity contribution in [3.05, 3.63) is 30.3 Å². The molecular weight excluding hydrogens is 571 g/mol. The van der Waals surface area contributed by atoms with Gasteiger partial charge < -0.3 is 9.63 Å². The molecule has 8 heteroatoms. The van der Waals surface area contributed by atoms with Crippen molar-refractivity contribution in [2.45, 2.75) is 120 Å². The van der Waals surface area contributed by atoms with Crippen LogP contribution in [0.25, 0.3) is 0 Å². The summed E-state index contributed by atoms with van der Waals surface area (Å²) in [5, 5.41) is 0.391. The average molecular weight is 624 g/mol. The number of benzene rings is 1. The first kappa shape index (κ1) is 35.1. The van der Waals surface area contributed by atoms with E-state index >= 15 is 0 Å². The highest BCUT2D eigenvalue weighted by Gasteiger charge is 2.23. The monoisotopic (exact) mass is 622 g/mol. The Kier molecular flexibility index (Phi) is 23.9. The molecule has 0 spiro atoms. The van der Waals surface area contributed by atoms with E-state index in [-0.39, 0.29) is 18.5 Å². The lowest BCUT2D eigenvalue weighted by atomic mass is 10.0. The molecule has 0 saturated carbocycles. The first-order chi connectivity index (χ1) is 18.1. The molecule has 0 aliphatic carbocycles. The lowest BCUT2D eigenvalue weighted by Gasteiger charge is -2.19. The highest BCUT2D eigenvalue weighted by molar-refractivity contribution is 9.09. The van der Waals surface area contributed by atoms with Crippen molar-refractivity contribution < 1.29 is 23.2 Å². The largest absolute Gasteiger partial charge is 0.472 e. The third-order valence-electron chi connectivity index (χ3n) is 6.25. The number of hydrogen-bond donors (Lipinski definition) is 1. The highest BCUT2D eigenvalue weighted by atomic mass is 79.9. The molecule has 5 nitrogen and oxygen atoms in total. The Balaban J connectivity index is 2.05. The van der Waals surface area contributed by atoms with E-state index in [4.69, 9.17) is 13.8 Å². The predicted octanol–water partition coefficient (Wildman–Crippen LogP) is 9.95. The van der Waals surface area contributed by atoms with Gasteiger partial charge in [0.05, 0.1) is 25.1 Å². The molecule has 1 aromatic rings. The topological polar surface area (TPSA) is 65.0 Å². The second-order valence-electron chi connectivity index (χ2n) is 9.72. The van der Waals surface area contributed by atoms with Gasteiger partial charge in [-0.1, -0.05) is 137 Å². The van der Waals surface area contributed by atoms with E-state index in [0.717, 1.165) is 11.3 Å². The maximum atomic E-state index is 12.0. The number of hydrogen-bond acceptors (Lipinski definition) is 5. The molecule has 0 aliphatic heterocycles. The summed E-state index contributed by atoms with van der Waals surface area (Å²) in [6.45, 7) is 3.67. The van der Waals surface area contributed by atoms with Gasteiger partial charge in [-0.15, -0.1) is 11.8 Å². The van der Waals surface area contributed by atoms with Crippen LogP contribution in [-0.2, 0) is 18.3 Å². The molecule has 0 fully saturated rings. The fourth-order valence-corrected chi connectivity index (χ4v) is 6.42. The Morgan fingerprint density at radius 1 is 0.757 bits per heavy atom. The molecule has 0 saturated heterocycles. The quantitative estimate of drug-likeness (QED) is 0.0456. The summed E-state index contributed by atoms with van der Waals surface area (Å²) in [6.07, 6.45) is 21.7. The second-order valence-corrected chi connectivity index (χ2v) is 13.3. The molecule has 0 radical (unpaired) electrons. The molecular formula is C29H52BrO5PS. The number of rotatable bonds is 27. The van der Waals surface area contributed by atoms with Crippen molar-refractivity contribution in [2.75, 3.05) is 31.8 Å². The van der Waals surface area contributed by atoms with Gasteiger partial charge in [-0.25, -0.2) is 4.57 Å². The van der Waals surface area contributed by atoms with E-state index in [2.05, 4.69) is 22.9 Å². The number of unbranched alkanes of at least 4 members (excludes halogenated alkanes) is 15. The fraction of sp³-hybridized carbons (Fsp3) is 0.793. The minimum Gasteiger partial charge on any atom is -0.380 e. The average Bonchev–Trinajstić information content (AvgIpc) is 2.90. The van der Waals surface area contributed by atoms with Gasteiger partial charge in [-0.05, 0) is 18.6 Å². The molecule has 1 N–H and O–H groups in total. The standard InChI is InChI=1S/C29H52BrO5PS/c1-2-3-4-5-6-7-8-9-10-11-12-13-14-15-16-20-24-33-26-29(37-28-21-18-17-19-22-28)27-35-36(31,32)34-25-23-30/h17-19,21-22,29H,2-16,20,23-27H2,1H3,(H,31,32). The maximum absolute atomic E-state index is 12.0. The third-order valence-corrected chi connectivity index (χ3v) is 8.70. The molecule has 1 aromatic carbocycles. The van der Waals surface area contributed by atoms with Gasteiger partial charge in [0.1, 0.15) is 0 Å². The minimum absolute atomic E-state index is 0.0866. The van der Waals surface area contributed by atoms with Crippen LogP contribution in [0.4, 0.5) is 0 Å². The maximum Gasteiger partial charge on any atom is 0.472 e. The fourth-order valence-electron chi connectivity index (χ4n) is 4.14. The van der Waals surface area contributed by atoms with E-state index in [1.807, 2.05) is 30.3 Å². The molecule has 216 valence electrons. The Morgan fingerprint density at radius 2 is 1.27 bits per heavy atom. The van der Waals surface area contributed by atoms with Crippen molar-refractivity contribution in [2.24, 2.45) is 0 Å². The van der Waals surface area contributed by atoms with Gasteiger partial charge in [-0.2, -0.15) is 0 Å². The molecule has 1 rings (SSSR count). The summed E-state index contributed by atoms with van der Waals surface area (Å²) in [7, 11) is -4.05. The van der Waals surface area contributed by atoms with Crippen molar-refractivity contribution in [1.82, 2.24) is 0 Å². The van der Waals surface area contributed by atoms with Gasteiger partial charge in [0.25, 0.3) is 0 Å². The van der Waals surface area contributed by atoms with Gasteiger partial charge in [0.2, 0.25) is 0 Å². The van der Waals surface area contributed by atoms with Crippen LogP contribution < -0.4 is 0 Å². The zero-order valence-electron chi connectivity index (χ0n) is 23.1. The summed E-state index contributed by atoms with van der Waals surface area (Å²) in [4.78, 5) is 10.9. The van der Waals surface area contributed by atoms with E-state index < -0.39 is 7.82 Å². The molecule has 0 bridgehead atoms.